The maximum absolute atomic E-state index is 3.67. The molecule has 0 amide bonds. The minimum absolute atomic E-state index is 0.499. The van der Waals surface area contributed by atoms with E-state index in [4.69, 9.17) is 0 Å². The minimum Gasteiger partial charge on any atom is -0.312 e. The van der Waals surface area contributed by atoms with Gasteiger partial charge in [-0.1, -0.05) is 6.92 Å². The van der Waals surface area contributed by atoms with Crippen LogP contribution in [0, 0.1) is 5.92 Å². The van der Waals surface area contributed by atoms with Crippen LogP contribution < -0.4 is 10.6 Å². The Labute approximate surface area is 81.5 Å². The Morgan fingerprint density at radius 3 is 2.85 bits per heavy atom. The molecule has 1 saturated carbocycles. The number of piperidine rings is 1. The molecule has 0 aromatic rings. The SMILES string of the molecule is CC1CCCNC1CNC1(C)CC1. The second-order valence-corrected chi connectivity index (χ2v) is 5.12. The van der Waals surface area contributed by atoms with E-state index in [1.54, 1.807) is 0 Å². The van der Waals surface area contributed by atoms with Crippen LogP contribution in [0.25, 0.3) is 0 Å². The minimum atomic E-state index is 0.499. The average Bonchev–Trinajstić information content (AvgIpc) is 2.83. The third-order valence-electron chi connectivity index (χ3n) is 3.68. The summed E-state index contributed by atoms with van der Waals surface area (Å²) in [5, 5.41) is 7.28. The van der Waals surface area contributed by atoms with Crippen molar-refractivity contribution in [1.29, 1.82) is 0 Å². The van der Waals surface area contributed by atoms with E-state index in [0.29, 0.717) is 11.6 Å². The molecule has 1 heterocycles. The smallest absolute Gasteiger partial charge is 0.0218 e. The summed E-state index contributed by atoms with van der Waals surface area (Å²) in [5.74, 6) is 0.851. The molecule has 2 aliphatic rings. The lowest BCUT2D eigenvalue weighted by Crippen LogP contribution is -2.48. The fourth-order valence-corrected chi connectivity index (χ4v) is 2.11. The third kappa shape index (κ3) is 2.44. The second kappa shape index (κ2) is 3.58. The van der Waals surface area contributed by atoms with Gasteiger partial charge in [-0.3, -0.25) is 0 Å². The van der Waals surface area contributed by atoms with Gasteiger partial charge in [-0.25, -0.2) is 0 Å². The van der Waals surface area contributed by atoms with E-state index in [1.807, 2.05) is 0 Å². The van der Waals surface area contributed by atoms with E-state index in [-0.39, 0.29) is 0 Å². The molecule has 2 rings (SSSR count). The number of hydrogen-bond donors (Lipinski definition) is 2. The topological polar surface area (TPSA) is 24.1 Å². The summed E-state index contributed by atoms with van der Waals surface area (Å²) in [7, 11) is 0. The summed E-state index contributed by atoms with van der Waals surface area (Å²) in [6, 6.07) is 0.714. The van der Waals surface area contributed by atoms with E-state index in [0.717, 1.165) is 12.5 Å². The predicted octanol–water partition coefficient (Wildman–Crippen LogP) is 1.52. The lowest BCUT2D eigenvalue weighted by molar-refractivity contribution is 0.281. The summed E-state index contributed by atoms with van der Waals surface area (Å²) in [6.45, 7) is 7.08. The molecular weight excluding hydrogens is 160 g/mol. The third-order valence-corrected chi connectivity index (χ3v) is 3.68. The molecule has 1 aliphatic carbocycles. The molecule has 2 fully saturated rings. The predicted molar refractivity (Wildman–Crippen MR) is 55.8 cm³/mol. The monoisotopic (exact) mass is 182 g/mol. The van der Waals surface area contributed by atoms with Gasteiger partial charge in [-0.05, 0) is 45.1 Å². The Kier molecular flexibility index (Phi) is 2.61. The van der Waals surface area contributed by atoms with Crippen LogP contribution in [0.15, 0.2) is 0 Å². The van der Waals surface area contributed by atoms with Gasteiger partial charge >= 0.3 is 0 Å². The summed E-state index contributed by atoms with van der Waals surface area (Å²) in [4.78, 5) is 0. The molecule has 0 aromatic carbocycles. The molecule has 2 heteroatoms. The average molecular weight is 182 g/mol. The molecule has 2 nitrogen and oxygen atoms in total. The van der Waals surface area contributed by atoms with Crippen molar-refractivity contribution in [2.45, 2.75) is 51.1 Å². The first-order valence-corrected chi connectivity index (χ1v) is 5.68. The number of rotatable bonds is 3. The van der Waals surface area contributed by atoms with Crippen LogP contribution in [0.4, 0.5) is 0 Å². The fraction of sp³-hybridized carbons (Fsp3) is 1.00. The molecule has 0 bridgehead atoms. The normalized spacial score (nSPS) is 37.4. The quantitative estimate of drug-likeness (QED) is 0.691. The molecule has 1 saturated heterocycles. The summed E-state index contributed by atoms with van der Waals surface area (Å²) >= 11 is 0. The number of nitrogens with one attached hydrogen (secondary N) is 2. The summed E-state index contributed by atoms with van der Waals surface area (Å²) in [6.07, 6.45) is 5.49. The highest BCUT2D eigenvalue weighted by Crippen LogP contribution is 2.34. The zero-order valence-corrected chi connectivity index (χ0v) is 8.90. The van der Waals surface area contributed by atoms with Gasteiger partial charge in [0.15, 0.2) is 0 Å². The van der Waals surface area contributed by atoms with Gasteiger partial charge in [0.25, 0.3) is 0 Å². The Morgan fingerprint density at radius 1 is 1.46 bits per heavy atom. The van der Waals surface area contributed by atoms with Crippen LogP contribution in [0.5, 0.6) is 0 Å². The van der Waals surface area contributed by atoms with Crippen LogP contribution in [-0.2, 0) is 0 Å². The largest absolute Gasteiger partial charge is 0.312 e. The molecule has 2 atom stereocenters. The van der Waals surface area contributed by atoms with Gasteiger partial charge in [0.1, 0.15) is 0 Å². The van der Waals surface area contributed by atoms with Crippen molar-refractivity contribution in [3.8, 4) is 0 Å². The van der Waals surface area contributed by atoms with E-state index >= 15 is 0 Å². The van der Waals surface area contributed by atoms with Crippen LogP contribution >= 0.6 is 0 Å². The van der Waals surface area contributed by atoms with Crippen molar-refractivity contribution in [1.82, 2.24) is 10.6 Å². The van der Waals surface area contributed by atoms with E-state index in [2.05, 4.69) is 24.5 Å². The Morgan fingerprint density at radius 2 is 2.23 bits per heavy atom. The molecule has 2 N–H and O–H groups in total. The van der Waals surface area contributed by atoms with Gasteiger partial charge < -0.3 is 10.6 Å². The van der Waals surface area contributed by atoms with Crippen molar-refractivity contribution in [3.63, 3.8) is 0 Å². The molecule has 0 spiro atoms. The van der Waals surface area contributed by atoms with Crippen molar-refractivity contribution < 1.29 is 0 Å². The van der Waals surface area contributed by atoms with E-state index < -0.39 is 0 Å². The van der Waals surface area contributed by atoms with Gasteiger partial charge in [-0.15, -0.1) is 0 Å². The zero-order chi connectivity index (χ0) is 9.31. The van der Waals surface area contributed by atoms with Gasteiger partial charge in [0, 0.05) is 18.1 Å². The maximum Gasteiger partial charge on any atom is 0.0218 e. The first kappa shape index (κ1) is 9.47. The highest BCUT2D eigenvalue weighted by Gasteiger charge is 2.37. The zero-order valence-electron chi connectivity index (χ0n) is 8.90. The van der Waals surface area contributed by atoms with Crippen LogP contribution in [0.2, 0.25) is 0 Å². The lowest BCUT2D eigenvalue weighted by atomic mass is 9.92. The lowest BCUT2D eigenvalue weighted by Gasteiger charge is -2.31. The van der Waals surface area contributed by atoms with E-state index in [1.165, 1.54) is 32.2 Å². The van der Waals surface area contributed by atoms with Gasteiger partial charge in [0.2, 0.25) is 0 Å². The second-order valence-electron chi connectivity index (χ2n) is 5.12. The summed E-state index contributed by atoms with van der Waals surface area (Å²) < 4.78 is 0. The fourth-order valence-electron chi connectivity index (χ4n) is 2.11. The number of hydrogen-bond acceptors (Lipinski definition) is 2. The molecule has 76 valence electrons. The Hall–Kier alpha value is -0.0800. The standard InChI is InChI=1S/C11H22N2/c1-9-4-3-7-12-10(9)8-13-11(2)5-6-11/h9-10,12-13H,3-8H2,1-2H3. The van der Waals surface area contributed by atoms with Crippen molar-refractivity contribution in [3.05, 3.63) is 0 Å². The molecule has 2 unspecified atom stereocenters. The molecular formula is C11H22N2. The summed E-state index contributed by atoms with van der Waals surface area (Å²) in [5.41, 5.74) is 0.499. The molecule has 1 aliphatic heterocycles. The van der Waals surface area contributed by atoms with Crippen molar-refractivity contribution >= 4 is 0 Å². The van der Waals surface area contributed by atoms with Crippen LogP contribution in [0.1, 0.15) is 39.5 Å². The van der Waals surface area contributed by atoms with Gasteiger partial charge in [0.05, 0.1) is 0 Å². The maximum atomic E-state index is 3.67. The van der Waals surface area contributed by atoms with E-state index in [9.17, 15) is 0 Å². The first-order valence-electron chi connectivity index (χ1n) is 5.68. The highest BCUT2D eigenvalue weighted by atomic mass is 15.1. The van der Waals surface area contributed by atoms with Crippen molar-refractivity contribution in [2.24, 2.45) is 5.92 Å². The van der Waals surface area contributed by atoms with Crippen LogP contribution in [-0.4, -0.2) is 24.7 Å². The first-order chi connectivity index (χ1) is 6.20. The highest BCUT2D eigenvalue weighted by molar-refractivity contribution is 4.98. The van der Waals surface area contributed by atoms with Gasteiger partial charge in [-0.2, -0.15) is 0 Å². The molecule has 0 radical (unpaired) electrons. The molecule has 13 heavy (non-hydrogen) atoms. The van der Waals surface area contributed by atoms with Crippen molar-refractivity contribution in [2.75, 3.05) is 13.1 Å². The Bertz CT molecular complexity index is 175. The molecule has 0 aromatic heterocycles. The Balaban J connectivity index is 1.73. The van der Waals surface area contributed by atoms with Crippen LogP contribution in [0.3, 0.4) is 0 Å².